The van der Waals surface area contributed by atoms with Crippen LogP contribution in [-0.4, -0.2) is 95.7 Å². The molecule has 0 aromatic heterocycles. The molecule has 0 spiro atoms. The van der Waals surface area contributed by atoms with Crippen LogP contribution in [0.2, 0.25) is 0 Å². The summed E-state index contributed by atoms with van der Waals surface area (Å²) in [4.78, 5) is 70.3. The molecule has 10 N–H and O–H groups in total. The minimum absolute atomic E-state index is 0.00217. The zero-order valence-corrected chi connectivity index (χ0v) is 18.6. The van der Waals surface area contributed by atoms with E-state index in [2.05, 4.69) is 21.3 Å². The Morgan fingerprint density at radius 1 is 0.771 bits per heavy atom. The van der Waals surface area contributed by atoms with Gasteiger partial charge < -0.3 is 47.6 Å². The van der Waals surface area contributed by atoms with Crippen molar-refractivity contribution in [3.63, 3.8) is 0 Å². The molecule has 1 aromatic carbocycles. The normalized spacial score (nSPS) is 11.9. The predicted octanol–water partition coefficient (Wildman–Crippen LogP) is -4.71. The summed E-state index contributed by atoms with van der Waals surface area (Å²) in [5, 5.41) is 38.2. The molecule has 0 saturated heterocycles. The number of nitrogens with one attached hydrogen (secondary N) is 5. The molecule has 0 aliphatic heterocycles. The monoisotopic (exact) mass is 496 g/mol. The van der Waals surface area contributed by atoms with E-state index in [1.165, 1.54) is 24.3 Å². The third-order valence-corrected chi connectivity index (χ3v) is 4.34. The number of phenolic OH excluding ortho intramolecular Hbond substituents is 1. The topological polar surface area (TPSA) is 249 Å². The molecule has 0 heterocycles. The number of carbonyl (C=O) groups is 6. The number of phenols is 1. The van der Waals surface area contributed by atoms with E-state index >= 15 is 0 Å². The lowest BCUT2D eigenvalue weighted by molar-refractivity contribution is -0.142. The van der Waals surface area contributed by atoms with Gasteiger partial charge in [-0.3, -0.25) is 24.0 Å². The fraction of sp³-hybridized carbons (Fsp3) is 0.400. The number of amides is 5. The zero-order valence-electron chi connectivity index (χ0n) is 18.6. The highest BCUT2D eigenvalue weighted by molar-refractivity contribution is 5.93. The van der Waals surface area contributed by atoms with E-state index < -0.39 is 73.8 Å². The lowest BCUT2D eigenvalue weighted by Crippen LogP contribution is -2.52. The summed E-state index contributed by atoms with van der Waals surface area (Å²) >= 11 is 0. The number of aliphatic carboxylic acids is 1. The highest BCUT2D eigenvalue weighted by Gasteiger charge is 2.23. The number of aromatic hydroxyl groups is 1. The molecule has 2 atom stereocenters. The van der Waals surface area contributed by atoms with Gasteiger partial charge in [0.1, 0.15) is 17.8 Å². The van der Waals surface area contributed by atoms with Crippen LogP contribution in [0.3, 0.4) is 0 Å². The molecule has 15 heteroatoms. The third kappa shape index (κ3) is 11.4. The molecule has 192 valence electrons. The van der Waals surface area contributed by atoms with Crippen LogP contribution in [-0.2, 0) is 35.2 Å². The molecule has 35 heavy (non-hydrogen) atoms. The van der Waals surface area contributed by atoms with Crippen LogP contribution in [0.4, 0.5) is 0 Å². The minimum Gasteiger partial charge on any atom is -0.508 e. The molecular formula is C20H28N6O9. The Bertz CT molecular complexity index is 922. The molecule has 0 unspecified atom stereocenters. The number of benzene rings is 1. The van der Waals surface area contributed by atoms with E-state index in [-0.39, 0.29) is 18.7 Å². The van der Waals surface area contributed by atoms with Crippen molar-refractivity contribution in [2.45, 2.75) is 18.5 Å². The number of carboxylic acid groups (broad SMARTS) is 1. The number of nitrogens with two attached hydrogens (primary N) is 1. The van der Waals surface area contributed by atoms with Gasteiger partial charge in [-0.15, -0.1) is 0 Å². The highest BCUT2D eigenvalue weighted by Crippen LogP contribution is 2.11. The van der Waals surface area contributed by atoms with Crippen molar-refractivity contribution in [3.05, 3.63) is 29.8 Å². The first kappa shape index (κ1) is 28.8. The first-order valence-electron chi connectivity index (χ1n) is 10.3. The highest BCUT2D eigenvalue weighted by atomic mass is 16.4. The summed E-state index contributed by atoms with van der Waals surface area (Å²) in [6.07, 6.45) is -0.00947. The molecule has 15 nitrogen and oxygen atoms in total. The van der Waals surface area contributed by atoms with Gasteiger partial charge in [0, 0.05) is 6.42 Å². The molecule has 0 fully saturated rings. The summed E-state index contributed by atoms with van der Waals surface area (Å²) in [6, 6.07) is 3.15. The smallest absolute Gasteiger partial charge is 0.328 e. The molecule has 0 aliphatic rings. The number of aliphatic hydroxyl groups excluding tert-OH is 1. The average Bonchev–Trinajstić information content (AvgIpc) is 2.83. The van der Waals surface area contributed by atoms with E-state index in [4.69, 9.17) is 15.9 Å². The second kappa shape index (κ2) is 14.8. The summed E-state index contributed by atoms with van der Waals surface area (Å²) in [7, 11) is 0. The van der Waals surface area contributed by atoms with Gasteiger partial charge in [-0.05, 0) is 17.7 Å². The maximum atomic E-state index is 12.6. The fourth-order valence-corrected chi connectivity index (χ4v) is 2.54. The van der Waals surface area contributed by atoms with Crippen molar-refractivity contribution in [2.24, 2.45) is 5.73 Å². The Balaban J connectivity index is 2.66. The zero-order chi connectivity index (χ0) is 26.4. The van der Waals surface area contributed by atoms with E-state index in [0.717, 1.165) is 0 Å². The van der Waals surface area contributed by atoms with Gasteiger partial charge in [-0.1, -0.05) is 12.1 Å². The summed E-state index contributed by atoms with van der Waals surface area (Å²) < 4.78 is 0. The third-order valence-electron chi connectivity index (χ3n) is 4.34. The quantitative estimate of drug-likeness (QED) is 0.119. The van der Waals surface area contributed by atoms with Gasteiger partial charge in [0.25, 0.3) is 0 Å². The van der Waals surface area contributed by atoms with E-state index in [0.29, 0.717) is 5.56 Å². The largest absolute Gasteiger partial charge is 0.508 e. The number of hydrogen-bond donors (Lipinski definition) is 9. The summed E-state index contributed by atoms with van der Waals surface area (Å²) in [6.45, 7) is -2.77. The van der Waals surface area contributed by atoms with Crippen LogP contribution >= 0.6 is 0 Å². The molecule has 1 aromatic rings. The summed E-state index contributed by atoms with van der Waals surface area (Å²) in [5.41, 5.74) is 5.72. The SMILES string of the molecule is NCC(=O)NCC(=O)N[C@@H](Cc1ccc(O)cc1)C(=O)NCC(=O)NCC(=O)N[C@@H](CO)C(=O)O. The van der Waals surface area contributed by atoms with Gasteiger partial charge in [-0.25, -0.2) is 4.79 Å². The molecule has 0 aliphatic carbocycles. The van der Waals surface area contributed by atoms with Gasteiger partial charge in [0.2, 0.25) is 29.5 Å². The van der Waals surface area contributed by atoms with Gasteiger partial charge >= 0.3 is 5.97 Å². The first-order chi connectivity index (χ1) is 16.5. The summed E-state index contributed by atoms with van der Waals surface area (Å²) in [5.74, 6) is -5.13. The number of rotatable bonds is 14. The molecule has 0 radical (unpaired) electrons. The fourth-order valence-electron chi connectivity index (χ4n) is 2.54. The van der Waals surface area contributed by atoms with Crippen LogP contribution in [0.15, 0.2) is 24.3 Å². The van der Waals surface area contributed by atoms with Crippen molar-refractivity contribution in [2.75, 3.05) is 32.8 Å². The number of hydrogen-bond acceptors (Lipinski definition) is 9. The van der Waals surface area contributed by atoms with Gasteiger partial charge in [-0.2, -0.15) is 0 Å². The van der Waals surface area contributed by atoms with Crippen molar-refractivity contribution in [3.8, 4) is 5.75 Å². The Morgan fingerprint density at radius 3 is 1.80 bits per heavy atom. The molecule has 5 amide bonds. The van der Waals surface area contributed by atoms with Crippen molar-refractivity contribution in [1.82, 2.24) is 26.6 Å². The second-order valence-electron chi connectivity index (χ2n) is 7.11. The number of carbonyl (C=O) groups excluding carboxylic acids is 5. The van der Waals surface area contributed by atoms with Crippen LogP contribution in [0, 0.1) is 0 Å². The van der Waals surface area contributed by atoms with Crippen molar-refractivity contribution >= 4 is 35.5 Å². The Hall–Kier alpha value is -4.24. The lowest BCUT2D eigenvalue weighted by Gasteiger charge is -2.19. The molecule has 0 bridgehead atoms. The Kier molecular flexibility index (Phi) is 12.2. The van der Waals surface area contributed by atoms with Gasteiger partial charge in [0.15, 0.2) is 0 Å². The maximum Gasteiger partial charge on any atom is 0.328 e. The standard InChI is InChI=1S/C20H28N6O9/c21-6-15(29)22-8-17(31)25-13(5-11-1-3-12(28)4-2-11)19(33)24-7-16(30)23-9-18(32)26-14(10-27)20(34)35/h1-4,13-14,27-28H,5-10,21H2,(H,22,29)(H,23,30)(H,24,33)(H,25,31)(H,26,32)(H,34,35)/t13-,14-/m0/s1. The van der Waals surface area contributed by atoms with Gasteiger partial charge in [0.05, 0.1) is 32.8 Å². The number of carboxylic acids is 1. The minimum atomic E-state index is -1.53. The van der Waals surface area contributed by atoms with Crippen molar-refractivity contribution < 1.29 is 44.1 Å². The Morgan fingerprint density at radius 2 is 1.29 bits per heavy atom. The lowest BCUT2D eigenvalue weighted by atomic mass is 10.0. The van der Waals surface area contributed by atoms with Crippen molar-refractivity contribution in [1.29, 1.82) is 0 Å². The van der Waals surface area contributed by atoms with E-state index in [9.17, 15) is 33.9 Å². The predicted molar refractivity (Wildman–Crippen MR) is 118 cm³/mol. The van der Waals surface area contributed by atoms with Crippen LogP contribution < -0.4 is 32.3 Å². The Labute approximate surface area is 199 Å². The average molecular weight is 496 g/mol. The molecule has 0 saturated carbocycles. The van der Waals surface area contributed by atoms with Crippen LogP contribution in [0.25, 0.3) is 0 Å². The van der Waals surface area contributed by atoms with E-state index in [1.807, 2.05) is 5.32 Å². The first-order valence-corrected chi connectivity index (χ1v) is 10.3. The van der Waals surface area contributed by atoms with E-state index in [1.54, 1.807) is 0 Å². The number of aliphatic hydroxyl groups is 1. The molecule has 1 rings (SSSR count). The van der Waals surface area contributed by atoms with Crippen LogP contribution in [0.1, 0.15) is 5.56 Å². The van der Waals surface area contributed by atoms with Crippen LogP contribution in [0.5, 0.6) is 5.75 Å². The molecular weight excluding hydrogens is 468 g/mol. The maximum absolute atomic E-state index is 12.6. The second-order valence-corrected chi connectivity index (χ2v) is 7.11.